The number of aliphatic imine (C=N–C) groups is 1. The van der Waals surface area contributed by atoms with E-state index in [0.29, 0.717) is 24.5 Å². The molecular formula is C17H16F3N3O3. The summed E-state index contributed by atoms with van der Waals surface area (Å²) in [5, 5.41) is 2.62. The van der Waals surface area contributed by atoms with Crippen LogP contribution in [0, 0.1) is 0 Å². The van der Waals surface area contributed by atoms with E-state index in [2.05, 4.69) is 15.0 Å². The van der Waals surface area contributed by atoms with E-state index in [1.807, 2.05) is 18.2 Å². The van der Waals surface area contributed by atoms with E-state index in [4.69, 9.17) is 15.2 Å². The molecule has 26 heavy (non-hydrogen) atoms. The van der Waals surface area contributed by atoms with Gasteiger partial charge in [0, 0.05) is 6.54 Å². The fourth-order valence-corrected chi connectivity index (χ4v) is 2.36. The first-order chi connectivity index (χ1) is 12.4. The number of alkyl halides is 3. The molecule has 0 aliphatic carbocycles. The molecule has 3 rings (SSSR count). The predicted molar refractivity (Wildman–Crippen MR) is 89.5 cm³/mol. The number of hydrogen-bond donors (Lipinski definition) is 2. The number of hydrogen-bond acceptors (Lipinski definition) is 4. The van der Waals surface area contributed by atoms with Gasteiger partial charge in [0.05, 0.1) is 5.69 Å². The van der Waals surface area contributed by atoms with Gasteiger partial charge in [-0.1, -0.05) is 18.2 Å². The molecule has 0 saturated carbocycles. The Morgan fingerprint density at radius 2 is 1.92 bits per heavy atom. The summed E-state index contributed by atoms with van der Waals surface area (Å²) < 4.78 is 51.7. The fourth-order valence-electron chi connectivity index (χ4n) is 2.36. The SMILES string of the molecule is NC(=NCCc1ccc2c(c1)OCO2)Nc1ccccc1OC(F)(F)F. The Hall–Kier alpha value is -3.10. The quantitative estimate of drug-likeness (QED) is 0.626. The third kappa shape index (κ3) is 4.71. The number of guanidine groups is 1. The smallest absolute Gasteiger partial charge is 0.454 e. The van der Waals surface area contributed by atoms with Crippen molar-refractivity contribution in [1.82, 2.24) is 0 Å². The molecule has 1 aliphatic heterocycles. The molecule has 2 aromatic rings. The van der Waals surface area contributed by atoms with E-state index in [0.717, 1.165) is 5.56 Å². The van der Waals surface area contributed by atoms with Crippen molar-refractivity contribution in [1.29, 1.82) is 0 Å². The Kier molecular flexibility index (Phi) is 5.06. The molecule has 0 radical (unpaired) electrons. The van der Waals surface area contributed by atoms with Crippen molar-refractivity contribution in [2.75, 3.05) is 18.7 Å². The molecule has 0 bridgehead atoms. The van der Waals surface area contributed by atoms with Gasteiger partial charge >= 0.3 is 6.36 Å². The van der Waals surface area contributed by atoms with Crippen LogP contribution in [0.1, 0.15) is 5.56 Å². The summed E-state index contributed by atoms with van der Waals surface area (Å²) in [6.45, 7) is 0.550. The molecule has 0 atom stereocenters. The molecule has 3 N–H and O–H groups in total. The maximum absolute atomic E-state index is 12.4. The van der Waals surface area contributed by atoms with E-state index >= 15 is 0 Å². The highest BCUT2D eigenvalue weighted by molar-refractivity contribution is 5.93. The molecule has 0 unspecified atom stereocenters. The first kappa shape index (κ1) is 17.7. The van der Waals surface area contributed by atoms with Crippen LogP contribution < -0.4 is 25.3 Å². The van der Waals surface area contributed by atoms with Gasteiger partial charge in [-0.3, -0.25) is 4.99 Å². The number of nitrogens with one attached hydrogen (secondary N) is 1. The van der Waals surface area contributed by atoms with E-state index in [9.17, 15) is 13.2 Å². The molecule has 2 aromatic carbocycles. The number of benzene rings is 2. The molecule has 0 fully saturated rings. The predicted octanol–water partition coefficient (Wildman–Crippen LogP) is 3.28. The van der Waals surface area contributed by atoms with Crippen molar-refractivity contribution < 1.29 is 27.4 Å². The van der Waals surface area contributed by atoms with Gasteiger partial charge in [0.2, 0.25) is 6.79 Å². The van der Waals surface area contributed by atoms with Crippen LogP contribution >= 0.6 is 0 Å². The third-order valence-electron chi connectivity index (χ3n) is 3.50. The van der Waals surface area contributed by atoms with Crippen LogP contribution in [0.25, 0.3) is 0 Å². The van der Waals surface area contributed by atoms with E-state index in [1.165, 1.54) is 18.2 Å². The average molecular weight is 367 g/mol. The van der Waals surface area contributed by atoms with Gasteiger partial charge < -0.3 is 25.3 Å². The summed E-state index contributed by atoms with van der Waals surface area (Å²) >= 11 is 0. The van der Waals surface area contributed by atoms with Crippen LogP contribution in [0.3, 0.4) is 0 Å². The highest BCUT2D eigenvalue weighted by Crippen LogP contribution is 2.32. The number of ether oxygens (including phenoxy) is 3. The molecule has 0 amide bonds. The zero-order valence-corrected chi connectivity index (χ0v) is 13.5. The number of anilines is 1. The fraction of sp³-hybridized carbons (Fsp3) is 0.235. The summed E-state index contributed by atoms with van der Waals surface area (Å²) in [6.07, 6.45) is -4.21. The second kappa shape index (κ2) is 7.42. The minimum Gasteiger partial charge on any atom is -0.454 e. The topological polar surface area (TPSA) is 78.1 Å². The molecule has 1 aliphatic rings. The monoisotopic (exact) mass is 367 g/mol. The molecule has 9 heteroatoms. The number of rotatable bonds is 5. The average Bonchev–Trinajstić information content (AvgIpc) is 3.03. The lowest BCUT2D eigenvalue weighted by Crippen LogP contribution is -2.24. The van der Waals surface area contributed by atoms with Gasteiger partial charge in [-0.05, 0) is 36.2 Å². The van der Waals surface area contributed by atoms with Gasteiger partial charge in [0.1, 0.15) is 0 Å². The van der Waals surface area contributed by atoms with Crippen molar-refractivity contribution >= 4 is 11.6 Å². The lowest BCUT2D eigenvalue weighted by atomic mass is 10.1. The zero-order valence-electron chi connectivity index (χ0n) is 13.5. The normalized spacial score (nSPS) is 13.6. The minimum absolute atomic E-state index is 0.0102. The highest BCUT2D eigenvalue weighted by Gasteiger charge is 2.32. The molecule has 6 nitrogen and oxygen atoms in total. The number of halogens is 3. The molecule has 0 saturated heterocycles. The Morgan fingerprint density at radius 3 is 2.73 bits per heavy atom. The lowest BCUT2D eigenvalue weighted by molar-refractivity contribution is -0.274. The lowest BCUT2D eigenvalue weighted by Gasteiger charge is -2.14. The molecule has 1 heterocycles. The summed E-state index contributed by atoms with van der Waals surface area (Å²) in [7, 11) is 0. The minimum atomic E-state index is -4.79. The van der Waals surface area contributed by atoms with Crippen LogP contribution in [0.2, 0.25) is 0 Å². The van der Waals surface area contributed by atoms with Gasteiger partial charge in [0.15, 0.2) is 23.2 Å². The molecule has 0 spiro atoms. The summed E-state index contributed by atoms with van der Waals surface area (Å²) in [5.74, 6) is 0.980. The van der Waals surface area contributed by atoms with E-state index in [1.54, 1.807) is 6.07 Å². The first-order valence-corrected chi connectivity index (χ1v) is 7.71. The Morgan fingerprint density at radius 1 is 1.15 bits per heavy atom. The zero-order chi connectivity index (χ0) is 18.6. The van der Waals surface area contributed by atoms with E-state index in [-0.39, 0.29) is 24.2 Å². The highest BCUT2D eigenvalue weighted by atomic mass is 19.4. The van der Waals surface area contributed by atoms with Crippen LogP contribution in [0.5, 0.6) is 17.2 Å². The summed E-state index contributed by atoms with van der Waals surface area (Å²) in [6, 6.07) is 11.2. The maximum atomic E-state index is 12.4. The van der Waals surface area contributed by atoms with Gasteiger partial charge in [0.25, 0.3) is 0 Å². The summed E-state index contributed by atoms with van der Waals surface area (Å²) in [4.78, 5) is 4.12. The standard InChI is InChI=1S/C17H16F3N3O3/c18-17(19,20)26-13-4-2-1-3-12(13)23-16(21)22-8-7-11-5-6-14-15(9-11)25-10-24-14/h1-6,9H,7-8,10H2,(H3,21,22,23). The summed E-state index contributed by atoms with van der Waals surface area (Å²) in [5.41, 5.74) is 6.81. The van der Waals surface area contributed by atoms with Gasteiger partial charge in [-0.15, -0.1) is 13.2 Å². The van der Waals surface area contributed by atoms with Crippen molar-refractivity contribution in [2.24, 2.45) is 10.7 Å². The first-order valence-electron chi connectivity index (χ1n) is 7.71. The second-order valence-corrected chi connectivity index (χ2v) is 5.37. The molecule has 0 aromatic heterocycles. The number of fused-ring (bicyclic) bond motifs is 1. The Balaban J connectivity index is 1.59. The third-order valence-corrected chi connectivity index (χ3v) is 3.50. The van der Waals surface area contributed by atoms with Crippen molar-refractivity contribution in [3.8, 4) is 17.2 Å². The van der Waals surface area contributed by atoms with Gasteiger partial charge in [-0.2, -0.15) is 0 Å². The Bertz CT molecular complexity index is 809. The molecular weight excluding hydrogens is 351 g/mol. The largest absolute Gasteiger partial charge is 0.573 e. The van der Waals surface area contributed by atoms with Crippen molar-refractivity contribution in [3.63, 3.8) is 0 Å². The van der Waals surface area contributed by atoms with Crippen LogP contribution in [-0.2, 0) is 6.42 Å². The number of nitrogens with zero attached hydrogens (tertiary/aromatic N) is 1. The van der Waals surface area contributed by atoms with Crippen molar-refractivity contribution in [2.45, 2.75) is 12.8 Å². The van der Waals surface area contributed by atoms with Crippen LogP contribution in [0.4, 0.5) is 18.9 Å². The number of para-hydroxylation sites is 2. The van der Waals surface area contributed by atoms with E-state index < -0.39 is 6.36 Å². The second-order valence-electron chi connectivity index (χ2n) is 5.37. The number of nitrogens with two attached hydrogens (primary N) is 1. The van der Waals surface area contributed by atoms with Crippen molar-refractivity contribution in [3.05, 3.63) is 48.0 Å². The van der Waals surface area contributed by atoms with Crippen LogP contribution in [0.15, 0.2) is 47.5 Å². The van der Waals surface area contributed by atoms with Crippen LogP contribution in [-0.4, -0.2) is 25.7 Å². The molecule has 138 valence electrons. The maximum Gasteiger partial charge on any atom is 0.573 e. The Labute approximate surface area is 147 Å². The van der Waals surface area contributed by atoms with Gasteiger partial charge in [-0.25, -0.2) is 0 Å².